The molecule has 1 aliphatic rings. The average molecular weight is 426 g/mol. The molecule has 1 atom stereocenters. The number of benzene rings is 2. The Labute approximate surface area is 184 Å². The lowest BCUT2D eigenvalue weighted by Crippen LogP contribution is -2.67. The molecule has 0 unspecified atom stereocenters. The Morgan fingerprint density at radius 2 is 1.40 bits per heavy atom. The predicted octanol–water partition coefficient (Wildman–Crippen LogP) is 4.49. The molecule has 1 fully saturated rings. The molecule has 0 amide bonds. The molecule has 0 radical (unpaired) electrons. The van der Waals surface area contributed by atoms with E-state index in [0.29, 0.717) is 18.6 Å². The van der Waals surface area contributed by atoms with E-state index < -0.39 is 8.32 Å². The zero-order valence-corrected chi connectivity index (χ0v) is 20.1. The van der Waals surface area contributed by atoms with Gasteiger partial charge in [0.2, 0.25) is 0 Å². The average Bonchev–Trinajstić information content (AvgIpc) is 2.74. The summed E-state index contributed by atoms with van der Waals surface area (Å²) in [6.07, 6.45) is 4.92. The van der Waals surface area contributed by atoms with Crippen LogP contribution < -0.4 is 16.1 Å². The van der Waals surface area contributed by atoms with Crippen molar-refractivity contribution in [2.45, 2.75) is 70.6 Å². The highest BCUT2D eigenvalue weighted by Gasteiger charge is 2.50. The molecule has 4 heteroatoms. The van der Waals surface area contributed by atoms with E-state index in [1.165, 1.54) is 23.2 Å². The van der Waals surface area contributed by atoms with Gasteiger partial charge in [0.05, 0.1) is 12.7 Å². The van der Waals surface area contributed by atoms with Crippen molar-refractivity contribution < 1.29 is 9.16 Å². The second-order valence-electron chi connectivity index (χ2n) is 9.93. The van der Waals surface area contributed by atoms with Crippen molar-refractivity contribution in [1.82, 2.24) is 0 Å². The Morgan fingerprint density at radius 3 is 1.83 bits per heavy atom. The Balaban J connectivity index is 1.78. The smallest absolute Gasteiger partial charge is 0.261 e. The van der Waals surface area contributed by atoms with Crippen LogP contribution >= 0.6 is 0 Å². The summed E-state index contributed by atoms with van der Waals surface area (Å²) in [5, 5.41) is 2.75. The van der Waals surface area contributed by atoms with Gasteiger partial charge in [-0.05, 0) is 53.9 Å². The molecule has 1 saturated carbocycles. The van der Waals surface area contributed by atoms with Crippen molar-refractivity contribution in [3.05, 3.63) is 60.7 Å². The highest BCUT2D eigenvalue weighted by atomic mass is 28.4. The third-order valence-corrected chi connectivity index (χ3v) is 11.3. The van der Waals surface area contributed by atoms with E-state index in [0.717, 1.165) is 19.4 Å². The number of hydrogen-bond donors (Lipinski definition) is 1. The molecule has 3 nitrogen and oxygen atoms in total. The predicted molar refractivity (Wildman–Crippen MR) is 129 cm³/mol. The van der Waals surface area contributed by atoms with E-state index in [-0.39, 0.29) is 11.1 Å². The Bertz CT molecular complexity index is 710. The number of rotatable bonds is 8. The van der Waals surface area contributed by atoms with Crippen LogP contribution in [-0.2, 0) is 9.16 Å². The largest absolute Gasteiger partial charge is 0.407 e. The lowest BCUT2D eigenvalue weighted by molar-refractivity contribution is 0.00771. The minimum Gasteiger partial charge on any atom is -0.407 e. The van der Waals surface area contributed by atoms with Crippen molar-refractivity contribution in [1.29, 1.82) is 0 Å². The van der Waals surface area contributed by atoms with Gasteiger partial charge >= 0.3 is 0 Å². The van der Waals surface area contributed by atoms with Crippen LogP contribution in [0.5, 0.6) is 0 Å². The molecule has 2 N–H and O–H groups in total. The zero-order chi connectivity index (χ0) is 21.6. The Morgan fingerprint density at radius 1 is 0.900 bits per heavy atom. The van der Waals surface area contributed by atoms with Crippen LogP contribution in [0.3, 0.4) is 0 Å². The van der Waals surface area contributed by atoms with E-state index in [1.807, 2.05) is 6.92 Å². The molecule has 0 bridgehead atoms. The summed E-state index contributed by atoms with van der Waals surface area (Å²) in [7, 11) is -2.43. The van der Waals surface area contributed by atoms with Crippen LogP contribution in [0.4, 0.5) is 0 Å². The SMILES string of the molecule is C[C@@H](N)COC1CCC(CO[Si](c2ccccc2)(c2ccccc2)C(C)(C)C)CC1. The van der Waals surface area contributed by atoms with Crippen LogP contribution in [-0.4, -0.2) is 33.7 Å². The fourth-order valence-corrected chi connectivity index (χ4v) is 9.40. The maximum atomic E-state index is 7.12. The van der Waals surface area contributed by atoms with E-state index in [1.54, 1.807) is 0 Å². The fourth-order valence-electron chi connectivity index (χ4n) is 4.76. The molecular formula is C26H39NO2Si. The first-order chi connectivity index (χ1) is 14.3. The first-order valence-electron chi connectivity index (χ1n) is 11.4. The molecule has 164 valence electrons. The van der Waals surface area contributed by atoms with Gasteiger partial charge in [-0.15, -0.1) is 0 Å². The molecule has 30 heavy (non-hydrogen) atoms. The first kappa shape index (κ1) is 23.2. The third-order valence-electron chi connectivity index (χ3n) is 6.34. The van der Waals surface area contributed by atoms with Gasteiger partial charge in [-0.1, -0.05) is 81.4 Å². The van der Waals surface area contributed by atoms with E-state index >= 15 is 0 Å². The molecule has 3 rings (SSSR count). The number of nitrogens with two attached hydrogens (primary N) is 1. The van der Waals surface area contributed by atoms with E-state index in [9.17, 15) is 0 Å². The summed E-state index contributed by atoms with van der Waals surface area (Å²) in [6.45, 7) is 10.5. The van der Waals surface area contributed by atoms with Crippen molar-refractivity contribution in [3.63, 3.8) is 0 Å². The van der Waals surface area contributed by atoms with Crippen LogP contribution in [0.2, 0.25) is 5.04 Å². The third kappa shape index (κ3) is 5.41. The number of hydrogen-bond acceptors (Lipinski definition) is 3. The van der Waals surface area contributed by atoms with Crippen LogP contribution in [0, 0.1) is 5.92 Å². The van der Waals surface area contributed by atoms with Crippen LogP contribution in [0.25, 0.3) is 0 Å². The zero-order valence-electron chi connectivity index (χ0n) is 19.1. The van der Waals surface area contributed by atoms with Crippen molar-refractivity contribution in [2.24, 2.45) is 11.7 Å². The van der Waals surface area contributed by atoms with Crippen molar-refractivity contribution in [3.8, 4) is 0 Å². The fraction of sp³-hybridized carbons (Fsp3) is 0.538. The quantitative estimate of drug-likeness (QED) is 0.634. The highest BCUT2D eigenvalue weighted by molar-refractivity contribution is 6.99. The van der Waals surface area contributed by atoms with E-state index in [4.69, 9.17) is 14.9 Å². The maximum Gasteiger partial charge on any atom is 0.261 e. The first-order valence-corrected chi connectivity index (χ1v) is 13.4. The van der Waals surface area contributed by atoms with Crippen LogP contribution in [0.1, 0.15) is 53.4 Å². The van der Waals surface area contributed by atoms with Gasteiger partial charge < -0.3 is 14.9 Å². The van der Waals surface area contributed by atoms with Gasteiger partial charge in [-0.25, -0.2) is 0 Å². The lowest BCUT2D eigenvalue weighted by atomic mass is 9.88. The summed E-state index contributed by atoms with van der Waals surface area (Å²) < 4.78 is 13.1. The normalized spacial score (nSPS) is 21.4. The second kappa shape index (κ2) is 10.2. The minimum atomic E-state index is -2.43. The second-order valence-corrected chi connectivity index (χ2v) is 14.2. The van der Waals surface area contributed by atoms with Gasteiger partial charge in [0.1, 0.15) is 0 Å². The van der Waals surface area contributed by atoms with Gasteiger partial charge in [0.15, 0.2) is 0 Å². The van der Waals surface area contributed by atoms with Crippen molar-refractivity contribution in [2.75, 3.05) is 13.2 Å². The summed E-state index contributed by atoms with van der Waals surface area (Å²) in [5.74, 6) is 0.599. The molecule has 0 aromatic heterocycles. The van der Waals surface area contributed by atoms with Crippen molar-refractivity contribution >= 4 is 18.7 Å². The van der Waals surface area contributed by atoms with Gasteiger partial charge in [-0.2, -0.15) is 0 Å². The van der Waals surface area contributed by atoms with Gasteiger partial charge in [0, 0.05) is 12.6 Å². The molecule has 0 saturated heterocycles. The molecule has 0 aliphatic heterocycles. The number of ether oxygens (including phenoxy) is 1. The Kier molecular flexibility index (Phi) is 7.91. The minimum absolute atomic E-state index is 0.0350. The Hall–Kier alpha value is -1.46. The summed E-state index contributed by atoms with van der Waals surface area (Å²) in [6, 6.07) is 22.0. The molecular weight excluding hydrogens is 386 g/mol. The topological polar surface area (TPSA) is 44.5 Å². The monoisotopic (exact) mass is 425 g/mol. The standard InChI is InChI=1S/C26H39NO2Si/c1-21(27)19-28-23-17-15-22(16-18-23)20-29-30(26(2,3)4,24-11-7-5-8-12-24)25-13-9-6-10-14-25/h5-14,21-23H,15-20,27H2,1-4H3/t21-,22?,23?/m1/s1. The summed E-state index contributed by atoms with van der Waals surface area (Å²) in [5.41, 5.74) is 5.84. The van der Waals surface area contributed by atoms with Gasteiger partial charge in [0.25, 0.3) is 8.32 Å². The van der Waals surface area contributed by atoms with Crippen LogP contribution in [0.15, 0.2) is 60.7 Å². The molecule has 0 spiro atoms. The molecule has 0 heterocycles. The summed E-state index contributed by atoms with van der Waals surface area (Å²) >= 11 is 0. The molecule has 1 aliphatic carbocycles. The summed E-state index contributed by atoms with van der Waals surface area (Å²) in [4.78, 5) is 0. The lowest BCUT2D eigenvalue weighted by Gasteiger charge is -2.44. The maximum absolute atomic E-state index is 7.12. The molecule has 2 aromatic rings. The van der Waals surface area contributed by atoms with E-state index in [2.05, 4.69) is 81.4 Å². The van der Waals surface area contributed by atoms with Gasteiger partial charge in [-0.3, -0.25) is 0 Å². The molecule has 2 aromatic carbocycles. The highest BCUT2D eigenvalue weighted by Crippen LogP contribution is 2.38.